The third-order valence-electron chi connectivity index (χ3n) is 4.33. The standard InChI is InChI=1S/C15H32O4Si/c1-11(19-20(7,8)14(2,3)4)9-12-13(10-16)18-15(5,6)17-12/h11-13,16H,9-10H2,1-8H3/t11-,12+,13+/m1/s1. The molecule has 0 unspecified atom stereocenters. The first-order chi connectivity index (χ1) is 8.88. The number of hydrogen-bond donors (Lipinski definition) is 1. The summed E-state index contributed by atoms with van der Waals surface area (Å²) in [5.41, 5.74) is 0. The molecule has 1 aliphatic heterocycles. The Morgan fingerprint density at radius 1 is 1.20 bits per heavy atom. The molecule has 20 heavy (non-hydrogen) atoms. The summed E-state index contributed by atoms with van der Waals surface area (Å²) in [6.45, 7) is 17.1. The highest BCUT2D eigenvalue weighted by Crippen LogP contribution is 2.38. The molecular weight excluding hydrogens is 272 g/mol. The molecule has 1 N–H and O–H groups in total. The molecule has 0 aromatic carbocycles. The van der Waals surface area contributed by atoms with Crippen molar-refractivity contribution in [2.24, 2.45) is 0 Å². The van der Waals surface area contributed by atoms with Crippen LogP contribution in [0.4, 0.5) is 0 Å². The van der Waals surface area contributed by atoms with Crippen molar-refractivity contribution >= 4 is 8.32 Å². The van der Waals surface area contributed by atoms with Gasteiger partial charge in [0.05, 0.1) is 12.7 Å². The van der Waals surface area contributed by atoms with Gasteiger partial charge in [-0.3, -0.25) is 0 Å². The summed E-state index contributed by atoms with van der Waals surface area (Å²) >= 11 is 0. The molecule has 0 aliphatic carbocycles. The topological polar surface area (TPSA) is 47.9 Å². The summed E-state index contributed by atoms with van der Waals surface area (Å²) in [7, 11) is -1.77. The summed E-state index contributed by atoms with van der Waals surface area (Å²) in [5, 5.41) is 9.60. The Morgan fingerprint density at radius 3 is 2.15 bits per heavy atom. The van der Waals surface area contributed by atoms with E-state index >= 15 is 0 Å². The maximum Gasteiger partial charge on any atom is 0.192 e. The SMILES string of the molecule is C[C@H](C[C@@H]1OC(C)(C)O[C@H]1CO)O[Si](C)(C)C(C)(C)C. The largest absolute Gasteiger partial charge is 0.414 e. The number of rotatable bonds is 5. The van der Waals surface area contributed by atoms with Crippen molar-refractivity contribution in [3.05, 3.63) is 0 Å². The predicted octanol–water partition coefficient (Wildman–Crippen LogP) is 3.30. The molecule has 1 heterocycles. The fraction of sp³-hybridized carbons (Fsp3) is 1.00. The summed E-state index contributed by atoms with van der Waals surface area (Å²) < 4.78 is 17.9. The van der Waals surface area contributed by atoms with Crippen molar-refractivity contribution in [1.82, 2.24) is 0 Å². The molecule has 120 valence electrons. The molecule has 0 saturated carbocycles. The number of ether oxygens (including phenoxy) is 2. The lowest BCUT2D eigenvalue weighted by Crippen LogP contribution is -2.44. The van der Waals surface area contributed by atoms with E-state index in [0.717, 1.165) is 6.42 Å². The fourth-order valence-corrected chi connectivity index (χ4v) is 3.77. The van der Waals surface area contributed by atoms with Crippen LogP contribution < -0.4 is 0 Å². The van der Waals surface area contributed by atoms with Crippen LogP contribution in [-0.2, 0) is 13.9 Å². The van der Waals surface area contributed by atoms with Gasteiger partial charge in [-0.05, 0) is 38.9 Å². The predicted molar refractivity (Wildman–Crippen MR) is 83.3 cm³/mol. The molecule has 1 saturated heterocycles. The minimum absolute atomic E-state index is 0.0130. The molecule has 0 spiro atoms. The molecule has 0 aromatic rings. The highest BCUT2D eigenvalue weighted by Gasteiger charge is 2.43. The van der Waals surface area contributed by atoms with Crippen LogP contribution >= 0.6 is 0 Å². The highest BCUT2D eigenvalue weighted by atomic mass is 28.4. The monoisotopic (exact) mass is 304 g/mol. The second-order valence-corrected chi connectivity index (χ2v) is 12.6. The first-order valence-electron chi connectivity index (χ1n) is 7.52. The Labute approximate surface area is 124 Å². The zero-order valence-corrected chi connectivity index (χ0v) is 15.3. The lowest BCUT2D eigenvalue weighted by Gasteiger charge is -2.39. The van der Waals surface area contributed by atoms with Gasteiger partial charge >= 0.3 is 0 Å². The summed E-state index contributed by atoms with van der Waals surface area (Å²) in [4.78, 5) is 0. The van der Waals surface area contributed by atoms with Gasteiger partial charge in [0.2, 0.25) is 0 Å². The van der Waals surface area contributed by atoms with Crippen LogP contribution in [0.3, 0.4) is 0 Å². The van der Waals surface area contributed by atoms with Gasteiger partial charge in [0, 0.05) is 12.5 Å². The van der Waals surface area contributed by atoms with Crippen LogP contribution in [0.5, 0.6) is 0 Å². The van der Waals surface area contributed by atoms with E-state index in [1.165, 1.54) is 0 Å². The van der Waals surface area contributed by atoms with Gasteiger partial charge in [-0.2, -0.15) is 0 Å². The van der Waals surface area contributed by atoms with E-state index in [1.807, 2.05) is 13.8 Å². The maximum absolute atomic E-state index is 9.41. The minimum Gasteiger partial charge on any atom is -0.414 e. The van der Waals surface area contributed by atoms with Crippen LogP contribution in [-0.4, -0.2) is 44.1 Å². The number of aliphatic hydroxyl groups is 1. The molecule has 5 heteroatoms. The van der Waals surface area contributed by atoms with Gasteiger partial charge in [0.15, 0.2) is 14.1 Å². The molecule has 0 radical (unpaired) electrons. The van der Waals surface area contributed by atoms with Crippen LogP contribution in [0.15, 0.2) is 0 Å². The lowest BCUT2D eigenvalue weighted by atomic mass is 10.1. The van der Waals surface area contributed by atoms with Crippen molar-refractivity contribution in [3.8, 4) is 0 Å². The molecule has 0 amide bonds. The molecule has 0 bridgehead atoms. The van der Waals surface area contributed by atoms with Gasteiger partial charge < -0.3 is 19.0 Å². The first-order valence-corrected chi connectivity index (χ1v) is 10.4. The Bertz CT molecular complexity index is 322. The molecule has 0 aromatic heterocycles. The third kappa shape index (κ3) is 4.53. The van der Waals surface area contributed by atoms with Gasteiger partial charge in [0.1, 0.15) is 6.10 Å². The van der Waals surface area contributed by atoms with E-state index in [-0.39, 0.29) is 30.0 Å². The highest BCUT2D eigenvalue weighted by molar-refractivity contribution is 6.74. The molecule has 3 atom stereocenters. The van der Waals surface area contributed by atoms with Crippen LogP contribution in [0.1, 0.15) is 48.0 Å². The summed E-state index contributed by atoms with van der Waals surface area (Å²) in [6.07, 6.45) is 0.499. The van der Waals surface area contributed by atoms with E-state index in [0.29, 0.717) is 0 Å². The molecule has 1 aliphatic rings. The molecule has 1 rings (SSSR count). The Hall–Kier alpha value is 0.0569. The fourth-order valence-electron chi connectivity index (χ4n) is 2.32. The zero-order valence-electron chi connectivity index (χ0n) is 14.3. The molecule has 4 nitrogen and oxygen atoms in total. The zero-order chi connectivity index (χ0) is 15.8. The quantitative estimate of drug-likeness (QED) is 0.792. The first kappa shape index (κ1) is 18.1. The molecule has 1 fully saturated rings. The average Bonchev–Trinajstić information content (AvgIpc) is 2.50. The second-order valence-electron chi connectivity index (χ2n) is 7.82. The van der Waals surface area contributed by atoms with Gasteiger partial charge in [-0.25, -0.2) is 0 Å². The van der Waals surface area contributed by atoms with Crippen LogP contribution in [0.2, 0.25) is 18.1 Å². The maximum atomic E-state index is 9.41. The third-order valence-corrected chi connectivity index (χ3v) is 8.94. The van der Waals surface area contributed by atoms with E-state index < -0.39 is 14.1 Å². The Balaban J connectivity index is 2.60. The lowest BCUT2D eigenvalue weighted by molar-refractivity contribution is -0.150. The summed E-state index contributed by atoms with van der Waals surface area (Å²) in [6, 6.07) is 0. The van der Waals surface area contributed by atoms with Crippen molar-refractivity contribution in [1.29, 1.82) is 0 Å². The smallest absolute Gasteiger partial charge is 0.192 e. The number of aliphatic hydroxyl groups excluding tert-OH is 1. The second kappa shape index (κ2) is 6.05. The number of hydrogen-bond acceptors (Lipinski definition) is 4. The van der Waals surface area contributed by atoms with Gasteiger partial charge in [0.25, 0.3) is 0 Å². The Kier molecular flexibility index (Phi) is 5.47. The van der Waals surface area contributed by atoms with E-state index in [2.05, 4.69) is 40.8 Å². The Morgan fingerprint density at radius 2 is 1.70 bits per heavy atom. The van der Waals surface area contributed by atoms with Crippen molar-refractivity contribution in [3.63, 3.8) is 0 Å². The van der Waals surface area contributed by atoms with Gasteiger partial charge in [-0.1, -0.05) is 20.8 Å². The summed E-state index contributed by atoms with van der Waals surface area (Å²) in [5.74, 6) is -0.616. The normalized spacial score (nSPS) is 28.6. The average molecular weight is 305 g/mol. The van der Waals surface area contributed by atoms with Crippen molar-refractivity contribution in [2.45, 2.75) is 90.2 Å². The van der Waals surface area contributed by atoms with E-state index in [1.54, 1.807) is 0 Å². The van der Waals surface area contributed by atoms with Crippen molar-refractivity contribution in [2.75, 3.05) is 6.61 Å². The van der Waals surface area contributed by atoms with Crippen LogP contribution in [0, 0.1) is 0 Å². The van der Waals surface area contributed by atoms with E-state index in [4.69, 9.17) is 13.9 Å². The molecular formula is C15H32O4Si. The van der Waals surface area contributed by atoms with Crippen molar-refractivity contribution < 1.29 is 19.0 Å². The minimum atomic E-state index is -1.77. The van der Waals surface area contributed by atoms with Gasteiger partial charge in [-0.15, -0.1) is 0 Å². The van der Waals surface area contributed by atoms with Crippen LogP contribution in [0.25, 0.3) is 0 Å². The van der Waals surface area contributed by atoms with E-state index in [9.17, 15) is 5.11 Å².